The maximum Gasteiger partial charge on any atom is 0.320 e. The van der Waals surface area contributed by atoms with Gasteiger partial charge in [0.2, 0.25) is 0 Å². The molecule has 1 aliphatic heterocycles. The lowest BCUT2D eigenvalue weighted by molar-refractivity contribution is -0.139. The van der Waals surface area contributed by atoms with Crippen molar-refractivity contribution in [2.45, 2.75) is 38.6 Å². The number of unbranched alkanes of at least 4 members (excludes halogenated alkanes) is 1. The topological polar surface area (TPSA) is 67.8 Å². The lowest BCUT2D eigenvalue weighted by Crippen LogP contribution is -2.37. The van der Waals surface area contributed by atoms with Crippen molar-refractivity contribution in [1.82, 2.24) is 5.32 Å². The highest BCUT2D eigenvalue weighted by Gasteiger charge is 2.16. The number of hydrogen-bond acceptors (Lipinski definition) is 4. The molecular formula is C16H23NO4. The smallest absolute Gasteiger partial charge is 0.320 e. The number of hydrogen-bond donors (Lipinski definition) is 2. The number of ether oxygens (including phenoxy) is 2. The van der Waals surface area contributed by atoms with Crippen LogP contribution in [0, 0.1) is 0 Å². The van der Waals surface area contributed by atoms with Crippen LogP contribution in [-0.4, -0.2) is 36.9 Å². The molecule has 0 aromatic heterocycles. The fraction of sp³-hybridized carbons (Fsp3) is 0.562. The second-order valence-electron chi connectivity index (χ2n) is 5.22. The molecule has 116 valence electrons. The van der Waals surface area contributed by atoms with Gasteiger partial charge in [-0.25, -0.2) is 0 Å². The first kappa shape index (κ1) is 15.6. The van der Waals surface area contributed by atoms with Crippen molar-refractivity contribution in [2.24, 2.45) is 0 Å². The van der Waals surface area contributed by atoms with E-state index in [1.54, 1.807) is 0 Å². The summed E-state index contributed by atoms with van der Waals surface area (Å²) >= 11 is 0. The molecule has 0 amide bonds. The van der Waals surface area contributed by atoms with Gasteiger partial charge in [0, 0.05) is 0 Å². The molecule has 2 rings (SSSR count). The normalized spacial score (nSPS) is 14.7. The highest BCUT2D eigenvalue weighted by Crippen LogP contribution is 2.30. The predicted molar refractivity (Wildman–Crippen MR) is 80.1 cm³/mol. The Morgan fingerprint density at radius 3 is 2.81 bits per heavy atom. The zero-order valence-electron chi connectivity index (χ0n) is 12.4. The zero-order valence-corrected chi connectivity index (χ0v) is 12.4. The van der Waals surface area contributed by atoms with E-state index >= 15 is 0 Å². The van der Waals surface area contributed by atoms with E-state index < -0.39 is 12.0 Å². The minimum absolute atomic E-state index is 0.456. The molecule has 0 bridgehead atoms. The molecule has 0 fully saturated rings. The zero-order chi connectivity index (χ0) is 15.1. The third kappa shape index (κ3) is 4.63. The summed E-state index contributed by atoms with van der Waals surface area (Å²) in [6, 6.07) is 5.42. The van der Waals surface area contributed by atoms with Crippen LogP contribution >= 0.6 is 0 Å². The maximum absolute atomic E-state index is 11.1. The van der Waals surface area contributed by atoms with E-state index in [1.807, 2.05) is 18.2 Å². The molecule has 0 spiro atoms. The fourth-order valence-corrected chi connectivity index (χ4v) is 2.36. The van der Waals surface area contributed by atoms with Crippen molar-refractivity contribution in [2.75, 3.05) is 19.8 Å². The molecule has 0 saturated carbocycles. The second-order valence-corrected chi connectivity index (χ2v) is 5.22. The molecular weight excluding hydrogens is 270 g/mol. The molecule has 1 aliphatic rings. The molecule has 1 heterocycles. The molecule has 21 heavy (non-hydrogen) atoms. The largest absolute Gasteiger partial charge is 0.486 e. The minimum Gasteiger partial charge on any atom is -0.486 e. The number of rotatable bonds is 8. The Morgan fingerprint density at radius 1 is 1.33 bits per heavy atom. The lowest BCUT2D eigenvalue weighted by atomic mass is 10.1. The summed E-state index contributed by atoms with van der Waals surface area (Å²) < 4.78 is 11.0. The monoisotopic (exact) mass is 293 g/mol. The van der Waals surface area contributed by atoms with Crippen LogP contribution in [0.25, 0.3) is 0 Å². The average molecular weight is 293 g/mol. The molecule has 1 unspecified atom stereocenters. The second kappa shape index (κ2) is 7.88. The van der Waals surface area contributed by atoms with E-state index in [2.05, 4.69) is 12.2 Å². The predicted octanol–water partition coefficient (Wildman–Crippen LogP) is 2.23. The standard InChI is InChI=1S/C16H23NO4/c1-2-3-4-13(16(18)19)17-8-7-12-5-6-14-15(11-12)21-10-9-20-14/h5-6,11,13,17H,2-4,7-10H2,1H3,(H,18,19). The number of nitrogens with one attached hydrogen (secondary N) is 1. The maximum atomic E-state index is 11.1. The first-order chi connectivity index (χ1) is 10.2. The van der Waals surface area contributed by atoms with E-state index in [0.717, 1.165) is 36.3 Å². The van der Waals surface area contributed by atoms with E-state index in [9.17, 15) is 4.79 Å². The summed E-state index contributed by atoms with van der Waals surface area (Å²) in [6.07, 6.45) is 3.38. The van der Waals surface area contributed by atoms with Gasteiger partial charge >= 0.3 is 5.97 Å². The van der Waals surface area contributed by atoms with Gasteiger partial charge in [-0.05, 0) is 37.1 Å². The average Bonchev–Trinajstić information content (AvgIpc) is 2.50. The molecule has 5 heteroatoms. The lowest BCUT2D eigenvalue weighted by Gasteiger charge is -2.19. The fourth-order valence-electron chi connectivity index (χ4n) is 2.36. The Bertz CT molecular complexity index is 475. The summed E-state index contributed by atoms with van der Waals surface area (Å²) in [5.41, 5.74) is 1.12. The van der Waals surface area contributed by atoms with Crippen LogP contribution in [0.4, 0.5) is 0 Å². The van der Waals surface area contributed by atoms with Crippen LogP contribution in [0.5, 0.6) is 11.5 Å². The van der Waals surface area contributed by atoms with Crippen molar-refractivity contribution in [3.8, 4) is 11.5 Å². The summed E-state index contributed by atoms with van der Waals surface area (Å²) in [7, 11) is 0. The van der Waals surface area contributed by atoms with Crippen molar-refractivity contribution >= 4 is 5.97 Å². The Hall–Kier alpha value is -1.75. The minimum atomic E-state index is -0.773. The third-order valence-electron chi connectivity index (χ3n) is 3.56. The molecule has 0 radical (unpaired) electrons. The number of carboxylic acids is 1. The molecule has 1 aromatic carbocycles. The molecule has 1 atom stereocenters. The molecule has 0 aliphatic carbocycles. The van der Waals surface area contributed by atoms with E-state index in [-0.39, 0.29) is 0 Å². The third-order valence-corrected chi connectivity index (χ3v) is 3.56. The van der Waals surface area contributed by atoms with Gasteiger partial charge in [-0.1, -0.05) is 25.8 Å². The van der Waals surface area contributed by atoms with Gasteiger partial charge in [-0.3, -0.25) is 4.79 Å². The highest BCUT2D eigenvalue weighted by atomic mass is 16.6. The van der Waals surface area contributed by atoms with Crippen LogP contribution in [-0.2, 0) is 11.2 Å². The Morgan fingerprint density at radius 2 is 2.10 bits per heavy atom. The quantitative estimate of drug-likeness (QED) is 0.769. The molecule has 1 aromatic rings. The van der Waals surface area contributed by atoms with Crippen LogP contribution in [0.3, 0.4) is 0 Å². The highest BCUT2D eigenvalue weighted by molar-refractivity contribution is 5.73. The van der Waals surface area contributed by atoms with Gasteiger partial charge in [0.15, 0.2) is 11.5 Å². The van der Waals surface area contributed by atoms with Gasteiger partial charge in [0.1, 0.15) is 19.3 Å². The Labute approximate surface area is 125 Å². The van der Waals surface area contributed by atoms with Crippen LogP contribution in [0.15, 0.2) is 18.2 Å². The summed E-state index contributed by atoms with van der Waals surface area (Å²) in [5, 5.41) is 12.3. The Balaban J connectivity index is 1.83. The summed E-state index contributed by atoms with van der Waals surface area (Å²) in [6.45, 7) is 3.87. The van der Waals surface area contributed by atoms with Crippen LogP contribution in [0.1, 0.15) is 31.7 Å². The molecule has 5 nitrogen and oxygen atoms in total. The van der Waals surface area contributed by atoms with Gasteiger partial charge in [-0.2, -0.15) is 0 Å². The SMILES string of the molecule is CCCCC(NCCc1ccc2c(c1)OCCO2)C(=O)O. The van der Waals surface area contributed by atoms with Gasteiger partial charge in [0.25, 0.3) is 0 Å². The van der Waals surface area contributed by atoms with Crippen LogP contribution < -0.4 is 14.8 Å². The summed E-state index contributed by atoms with van der Waals surface area (Å²) in [4.78, 5) is 11.1. The number of carboxylic acid groups (broad SMARTS) is 1. The van der Waals surface area contributed by atoms with Crippen molar-refractivity contribution in [1.29, 1.82) is 0 Å². The summed E-state index contributed by atoms with van der Waals surface area (Å²) in [5.74, 6) is 0.787. The van der Waals surface area contributed by atoms with Crippen molar-refractivity contribution in [3.05, 3.63) is 23.8 Å². The first-order valence-corrected chi connectivity index (χ1v) is 7.55. The molecule has 0 saturated heterocycles. The number of aliphatic carboxylic acids is 1. The molecule has 2 N–H and O–H groups in total. The Kier molecular flexibility index (Phi) is 5.87. The number of carbonyl (C=O) groups is 1. The van der Waals surface area contributed by atoms with Gasteiger partial charge in [0.05, 0.1) is 0 Å². The van der Waals surface area contributed by atoms with Crippen molar-refractivity contribution < 1.29 is 19.4 Å². The number of benzene rings is 1. The first-order valence-electron chi connectivity index (χ1n) is 7.55. The van der Waals surface area contributed by atoms with Gasteiger partial charge in [-0.15, -0.1) is 0 Å². The number of fused-ring (bicyclic) bond motifs is 1. The van der Waals surface area contributed by atoms with Crippen LogP contribution in [0.2, 0.25) is 0 Å². The van der Waals surface area contributed by atoms with E-state index in [1.165, 1.54) is 0 Å². The van der Waals surface area contributed by atoms with E-state index in [0.29, 0.717) is 26.2 Å². The van der Waals surface area contributed by atoms with Crippen molar-refractivity contribution in [3.63, 3.8) is 0 Å². The van der Waals surface area contributed by atoms with Gasteiger partial charge < -0.3 is 19.9 Å². The van der Waals surface area contributed by atoms with E-state index in [4.69, 9.17) is 14.6 Å².